The molecule has 2 aromatic rings. The van der Waals surface area contributed by atoms with Gasteiger partial charge in [0.15, 0.2) is 0 Å². The molecule has 0 radical (unpaired) electrons. The molecule has 0 saturated carbocycles. The Labute approximate surface area is 173 Å². The van der Waals surface area contributed by atoms with Crippen LogP contribution < -0.4 is 15.4 Å². The van der Waals surface area contributed by atoms with Crippen LogP contribution in [-0.2, 0) is 16.6 Å². The van der Waals surface area contributed by atoms with Crippen molar-refractivity contribution in [2.75, 3.05) is 19.6 Å². The van der Waals surface area contributed by atoms with Crippen LogP contribution in [0.2, 0.25) is 0 Å². The van der Waals surface area contributed by atoms with Crippen molar-refractivity contribution in [2.45, 2.75) is 31.7 Å². The van der Waals surface area contributed by atoms with Gasteiger partial charge < -0.3 is 10.6 Å². The molecule has 28 heavy (non-hydrogen) atoms. The normalized spacial score (nSPS) is 10.9. The van der Waals surface area contributed by atoms with E-state index in [-0.39, 0.29) is 29.8 Å². The van der Waals surface area contributed by atoms with Crippen LogP contribution in [0.25, 0.3) is 0 Å². The second kappa shape index (κ2) is 11.8. The highest BCUT2D eigenvalue weighted by Crippen LogP contribution is 2.16. The summed E-state index contributed by atoms with van der Waals surface area (Å²) >= 11 is 0. The SMILES string of the molecule is CCCNCCNC(=O)c1cc(S(=O)(=O)NCc2ccccc2)ccc1C.Cl. The number of sulfonamides is 1. The molecule has 0 heterocycles. The fourth-order valence-corrected chi connectivity index (χ4v) is 3.58. The number of carbonyl (C=O) groups excluding carboxylic acids is 1. The summed E-state index contributed by atoms with van der Waals surface area (Å²) in [7, 11) is -3.71. The van der Waals surface area contributed by atoms with Gasteiger partial charge in [0.05, 0.1) is 4.90 Å². The van der Waals surface area contributed by atoms with Gasteiger partial charge in [-0.05, 0) is 43.1 Å². The molecule has 0 fully saturated rings. The Bertz CT molecular complexity index is 858. The maximum atomic E-state index is 12.6. The highest BCUT2D eigenvalue weighted by molar-refractivity contribution is 7.89. The van der Waals surface area contributed by atoms with Gasteiger partial charge in [0.1, 0.15) is 0 Å². The first-order valence-electron chi connectivity index (χ1n) is 9.07. The molecule has 1 amide bonds. The maximum absolute atomic E-state index is 12.6. The molecule has 0 unspecified atom stereocenters. The first kappa shape index (κ1) is 24.1. The third-order valence-corrected chi connectivity index (χ3v) is 5.49. The highest BCUT2D eigenvalue weighted by Gasteiger charge is 2.17. The van der Waals surface area contributed by atoms with Crippen molar-refractivity contribution < 1.29 is 13.2 Å². The van der Waals surface area contributed by atoms with Crippen molar-refractivity contribution in [1.82, 2.24) is 15.4 Å². The van der Waals surface area contributed by atoms with Gasteiger partial charge >= 0.3 is 0 Å². The quantitative estimate of drug-likeness (QED) is 0.510. The van der Waals surface area contributed by atoms with Crippen LogP contribution in [0.4, 0.5) is 0 Å². The summed E-state index contributed by atoms with van der Waals surface area (Å²) in [6, 6.07) is 13.9. The lowest BCUT2D eigenvalue weighted by atomic mass is 10.1. The minimum atomic E-state index is -3.71. The first-order valence-corrected chi connectivity index (χ1v) is 10.6. The van der Waals surface area contributed by atoms with Crippen LogP contribution in [0.15, 0.2) is 53.4 Å². The number of halogens is 1. The van der Waals surface area contributed by atoms with Gasteiger partial charge in [-0.25, -0.2) is 13.1 Å². The molecule has 0 aliphatic carbocycles. The minimum Gasteiger partial charge on any atom is -0.351 e. The van der Waals surface area contributed by atoms with Crippen LogP contribution in [-0.4, -0.2) is 34.0 Å². The van der Waals surface area contributed by atoms with E-state index in [2.05, 4.69) is 22.3 Å². The minimum absolute atomic E-state index is 0. The molecule has 0 aromatic heterocycles. The molecule has 0 atom stereocenters. The summed E-state index contributed by atoms with van der Waals surface area (Å²) < 4.78 is 27.7. The van der Waals surface area contributed by atoms with Gasteiger partial charge in [0.2, 0.25) is 10.0 Å². The molecule has 0 bridgehead atoms. The second-order valence-electron chi connectivity index (χ2n) is 6.29. The summed E-state index contributed by atoms with van der Waals surface area (Å²) in [5, 5.41) is 6.02. The Hall–Kier alpha value is -1.93. The van der Waals surface area contributed by atoms with Crippen molar-refractivity contribution in [3.8, 4) is 0 Å². The lowest BCUT2D eigenvalue weighted by Crippen LogP contribution is -2.32. The summed E-state index contributed by atoms with van der Waals surface area (Å²) in [6.45, 7) is 6.12. The van der Waals surface area contributed by atoms with Gasteiger partial charge in [0.25, 0.3) is 5.91 Å². The fraction of sp³-hybridized carbons (Fsp3) is 0.350. The Balaban J connectivity index is 0.00000392. The van der Waals surface area contributed by atoms with E-state index in [0.29, 0.717) is 18.7 Å². The van der Waals surface area contributed by atoms with Crippen LogP contribution in [0, 0.1) is 6.92 Å². The van der Waals surface area contributed by atoms with E-state index < -0.39 is 10.0 Å². The van der Waals surface area contributed by atoms with Gasteiger partial charge in [-0.15, -0.1) is 12.4 Å². The number of carbonyl (C=O) groups is 1. The predicted molar refractivity (Wildman–Crippen MR) is 114 cm³/mol. The molecule has 2 rings (SSSR count). The fourth-order valence-electron chi connectivity index (χ4n) is 2.53. The van der Waals surface area contributed by atoms with Crippen molar-refractivity contribution in [3.05, 3.63) is 65.2 Å². The largest absolute Gasteiger partial charge is 0.351 e. The highest BCUT2D eigenvalue weighted by atomic mass is 35.5. The predicted octanol–water partition coefficient (Wildman–Crippen LogP) is 2.62. The number of hydrogen-bond donors (Lipinski definition) is 3. The maximum Gasteiger partial charge on any atom is 0.251 e. The number of benzene rings is 2. The number of nitrogens with one attached hydrogen (secondary N) is 3. The number of amides is 1. The van der Waals surface area contributed by atoms with Crippen molar-refractivity contribution in [3.63, 3.8) is 0 Å². The second-order valence-corrected chi connectivity index (χ2v) is 8.06. The summed E-state index contributed by atoms with van der Waals surface area (Å²) in [5.74, 6) is -0.272. The van der Waals surface area contributed by atoms with Gasteiger partial charge in [-0.2, -0.15) is 0 Å². The summed E-state index contributed by atoms with van der Waals surface area (Å²) in [5.41, 5.74) is 1.97. The third kappa shape index (κ3) is 7.24. The van der Waals surface area contributed by atoms with Crippen LogP contribution in [0.1, 0.15) is 34.8 Å². The van der Waals surface area contributed by atoms with Crippen molar-refractivity contribution in [2.24, 2.45) is 0 Å². The van der Waals surface area contributed by atoms with E-state index in [1.807, 2.05) is 30.3 Å². The Morgan fingerprint density at radius 1 is 1.00 bits per heavy atom. The van der Waals surface area contributed by atoms with E-state index in [1.54, 1.807) is 13.0 Å². The molecule has 8 heteroatoms. The average Bonchev–Trinajstić information content (AvgIpc) is 2.67. The van der Waals surface area contributed by atoms with Crippen LogP contribution in [0.3, 0.4) is 0 Å². The Morgan fingerprint density at radius 2 is 1.71 bits per heavy atom. The molecule has 3 N–H and O–H groups in total. The lowest BCUT2D eigenvalue weighted by Gasteiger charge is -2.11. The number of rotatable bonds is 10. The molecule has 6 nitrogen and oxygen atoms in total. The van der Waals surface area contributed by atoms with Crippen LogP contribution in [0.5, 0.6) is 0 Å². The zero-order chi connectivity index (χ0) is 19.7. The average molecular weight is 426 g/mol. The Kier molecular flexibility index (Phi) is 10.2. The van der Waals surface area contributed by atoms with Crippen LogP contribution >= 0.6 is 12.4 Å². The molecule has 0 spiro atoms. The van der Waals surface area contributed by atoms with Gasteiger partial charge in [0, 0.05) is 25.2 Å². The van der Waals surface area contributed by atoms with E-state index in [9.17, 15) is 13.2 Å². The first-order chi connectivity index (χ1) is 12.9. The zero-order valence-electron chi connectivity index (χ0n) is 16.2. The van der Waals surface area contributed by atoms with Crippen molar-refractivity contribution >= 4 is 28.3 Å². The van der Waals surface area contributed by atoms with Gasteiger partial charge in [-0.3, -0.25) is 4.79 Å². The third-order valence-electron chi connectivity index (χ3n) is 4.09. The summed E-state index contributed by atoms with van der Waals surface area (Å²) in [4.78, 5) is 12.5. The number of hydrogen-bond acceptors (Lipinski definition) is 4. The lowest BCUT2D eigenvalue weighted by molar-refractivity contribution is 0.0953. The zero-order valence-corrected chi connectivity index (χ0v) is 17.8. The van der Waals surface area contributed by atoms with E-state index in [0.717, 1.165) is 24.1 Å². The number of aryl methyl sites for hydroxylation is 1. The standard InChI is InChI=1S/C20H27N3O3S.ClH/c1-3-11-21-12-13-22-20(24)19-14-18(10-9-16(19)2)27(25,26)23-15-17-7-5-4-6-8-17;/h4-10,14,21,23H,3,11-13,15H2,1-2H3,(H,22,24);1H. The Morgan fingerprint density at radius 3 is 2.39 bits per heavy atom. The monoisotopic (exact) mass is 425 g/mol. The molecule has 0 aliphatic rings. The summed E-state index contributed by atoms with van der Waals surface area (Å²) in [6.07, 6.45) is 1.03. The van der Waals surface area contributed by atoms with Crippen molar-refractivity contribution in [1.29, 1.82) is 0 Å². The molecular weight excluding hydrogens is 398 g/mol. The molecule has 0 saturated heterocycles. The van der Waals surface area contributed by atoms with E-state index in [4.69, 9.17) is 0 Å². The molecule has 0 aliphatic heterocycles. The topological polar surface area (TPSA) is 87.3 Å². The van der Waals surface area contributed by atoms with Gasteiger partial charge in [-0.1, -0.05) is 43.3 Å². The van der Waals surface area contributed by atoms with E-state index >= 15 is 0 Å². The molecular formula is C20H28ClN3O3S. The van der Waals surface area contributed by atoms with E-state index in [1.165, 1.54) is 12.1 Å². The molecule has 2 aromatic carbocycles. The molecule has 154 valence electrons. The smallest absolute Gasteiger partial charge is 0.251 e.